The average molecular weight is 367 g/mol. The van der Waals surface area contributed by atoms with E-state index in [9.17, 15) is 4.79 Å². The van der Waals surface area contributed by atoms with Gasteiger partial charge in [-0.3, -0.25) is 4.79 Å². The standard InChI is InChI=1S/C22H30N4O/c1-16(2)12-13-23-21(27)18-10-8-17(9-11-18)19-14-24-22(25-15-19)26-20-6-4-3-5-7-20/h8-11,14-16,20H,3-7,12-13H2,1-2H3,(H,23,27)(H,24,25,26). The Morgan fingerprint density at radius 1 is 1.04 bits per heavy atom. The number of anilines is 1. The molecule has 1 heterocycles. The smallest absolute Gasteiger partial charge is 0.251 e. The minimum atomic E-state index is -0.0227. The summed E-state index contributed by atoms with van der Waals surface area (Å²) in [6.07, 6.45) is 11.0. The van der Waals surface area contributed by atoms with E-state index in [-0.39, 0.29) is 5.91 Å². The van der Waals surface area contributed by atoms with Crippen LogP contribution < -0.4 is 10.6 Å². The summed E-state index contributed by atoms with van der Waals surface area (Å²) < 4.78 is 0. The number of nitrogens with one attached hydrogen (secondary N) is 2. The van der Waals surface area contributed by atoms with Crippen LogP contribution >= 0.6 is 0 Å². The second kappa shape index (κ2) is 9.49. The summed E-state index contributed by atoms with van der Waals surface area (Å²) >= 11 is 0. The number of hydrogen-bond acceptors (Lipinski definition) is 4. The molecule has 0 atom stereocenters. The highest BCUT2D eigenvalue weighted by Gasteiger charge is 2.14. The summed E-state index contributed by atoms with van der Waals surface area (Å²) in [5.41, 5.74) is 2.65. The Morgan fingerprint density at radius 2 is 1.70 bits per heavy atom. The van der Waals surface area contributed by atoms with Crippen molar-refractivity contribution in [3.63, 3.8) is 0 Å². The van der Waals surface area contributed by atoms with Crippen LogP contribution in [0, 0.1) is 5.92 Å². The third-order valence-electron chi connectivity index (χ3n) is 5.08. The molecule has 1 saturated carbocycles. The first-order valence-electron chi connectivity index (χ1n) is 10.1. The van der Waals surface area contributed by atoms with Gasteiger partial charge in [0.05, 0.1) is 0 Å². The van der Waals surface area contributed by atoms with E-state index in [2.05, 4.69) is 34.4 Å². The molecule has 1 amide bonds. The first-order valence-corrected chi connectivity index (χ1v) is 10.1. The van der Waals surface area contributed by atoms with Gasteiger partial charge in [0.15, 0.2) is 0 Å². The molecule has 0 unspecified atom stereocenters. The van der Waals surface area contributed by atoms with Gasteiger partial charge in [-0.25, -0.2) is 9.97 Å². The van der Waals surface area contributed by atoms with Gasteiger partial charge in [-0.1, -0.05) is 45.2 Å². The van der Waals surface area contributed by atoms with Crippen molar-refractivity contribution < 1.29 is 4.79 Å². The maximum absolute atomic E-state index is 12.2. The lowest BCUT2D eigenvalue weighted by Gasteiger charge is -2.22. The number of rotatable bonds is 7. The third-order valence-corrected chi connectivity index (χ3v) is 5.08. The van der Waals surface area contributed by atoms with E-state index in [1.54, 1.807) is 0 Å². The van der Waals surface area contributed by atoms with Gasteiger partial charge in [-0.15, -0.1) is 0 Å². The van der Waals surface area contributed by atoms with Crippen LogP contribution in [0.15, 0.2) is 36.7 Å². The first-order chi connectivity index (χ1) is 13.1. The van der Waals surface area contributed by atoms with Crippen molar-refractivity contribution in [3.05, 3.63) is 42.2 Å². The molecule has 1 aliphatic rings. The molecule has 27 heavy (non-hydrogen) atoms. The van der Waals surface area contributed by atoms with E-state index in [0.717, 1.165) is 17.5 Å². The zero-order chi connectivity index (χ0) is 19.1. The van der Waals surface area contributed by atoms with E-state index >= 15 is 0 Å². The SMILES string of the molecule is CC(C)CCNC(=O)c1ccc(-c2cnc(NC3CCCCC3)nc2)cc1. The number of benzene rings is 1. The van der Waals surface area contributed by atoms with Gasteiger partial charge < -0.3 is 10.6 Å². The molecule has 1 aromatic carbocycles. The van der Waals surface area contributed by atoms with Crippen molar-refractivity contribution in [2.75, 3.05) is 11.9 Å². The van der Waals surface area contributed by atoms with Gasteiger partial charge in [0.25, 0.3) is 5.91 Å². The lowest BCUT2D eigenvalue weighted by Crippen LogP contribution is -2.25. The van der Waals surface area contributed by atoms with Crippen LogP contribution in [0.25, 0.3) is 11.1 Å². The quantitative estimate of drug-likeness (QED) is 0.747. The van der Waals surface area contributed by atoms with Gasteiger partial charge in [-0.05, 0) is 42.9 Å². The Bertz CT molecular complexity index is 719. The fraction of sp³-hybridized carbons (Fsp3) is 0.500. The molecule has 144 valence electrons. The molecule has 3 rings (SSSR count). The molecule has 0 bridgehead atoms. The molecule has 1 fully saturated rings. The number of hydrogen-bond donors (Lipinski definition) is 2. The van der Waals surface area contributed by atoms with Crippen LogP contribution in [0.4, 0.5) is 5.95 Å². The Labute approximate surface area is 162 Å². The maximum Gasteiger partial charge on any atom is 0.251 e. The van der Waals surface area contributed by atoms with E-state index in [1.165, 1.54) is 32.1 Å². The largest absolute Gasteiger partial charge is 0.352 e. The van der Waals surface area contributed by atoms with Crippen LogP contribution in [-0.4, -0.2) is 28.5 Å². The van der Waals surface area contributed by atoms with Crippen molar-refractivity contribution in [1.82, 2.24) is 15.3 Å². The Hall–Kier alpha value is -2.43. The zero-order valence-corrected chi connectivity index (χ0v) is 16.4. The monoisotopic (exact) mass is 366 g/mol. The van der Waals surface area contributed by atoms with E-state index in [1.807, 2.05) is 36.7 Å². The predicted octanol–water partition coefficient (Wildman–Crippen LogP) is 4.66. The molecule has 0 saturated heterocycles. The fourth-order valence-electron chi connectivity index (χ4n) is 3.37. The Morgan fingerprint density at radius 3 is 2.33 bits per heavy atom. The van der Waals surface area contributed by atoms with Gasteiger partial charge in [0, 0.05) is 36.1 Å². The molecule has 2 N–H and O–H groups in total. The van der Waals surface area contributed by atoms with E-state index in [4.69, 9.17) is 0 Å². The van der Waals surface area contributed by atoms with Crippen molar-refractivity contribution in [2.45, 2.75) is 58.4 Å². The Kier molecular flexibility index (Phi) is 6.80. The number of nitrogens with zero attached hydrogens (tertiary/aromatic N) is 2. The van der Waals surface area contributed by atoms with E-state index < -0.39 is 0 Å². The maximum atomic E-state index is 12.2. The summed E-state index contributed by atoms with van der Waals surface area (Å²) in [7, 11) is 0. The van der Waals surface area contributed by atoms with Crippen molar-refractivity contribution >= 4 is 11.9 Å². The lowest BCUT2D eigenvalue weighted by molar-refractivity contribution is 0.0952. The van der Waals surface area contributed by atoms with E-state index in [0.29, 0.717) is 30.0 Å². The van der Waals surface area contributed by atoms with Crippen molar-refractivity contribution in [3.8, 4) is 11.1 Å². The van der Waals surface area contributed by atoms with Crippen LogP contribution in [0.2, 0.25) is 0 Å². The number of carbonyl (C=O) groups is 1. The van der Waals surface area contributed by atoms with Crippen LogP contribution in [-0.2, 0) is 0 Å². The van der Waals surface area contributed by atoms with Crippen LogP contribution in [0.1, 0.15) is 62.7 Å². The third kappa shape index (κ3) is 5.78. The lowest BCUT2D eigenvalue weighted by atomic mass is 9.96. The highest BCUT2D eigenvalue weighted by Crippen LogP contribution is 2.22. The summed E-state index contributed by atoms with van der Waals surface area (Å²) in [6.45, 7) is 5.01. The molecular formula is C22H30N4O. The average Bonchev–Trinajstić information content (AvgIpc) is 2.69. The van der Waals surface area contributed by atoms with Crippen LogP contribution in [0.5, 0.6) is 0 Å². The van der Waals surface area contributed by atoms with Crippen LogP contribution in [0.3, 0.4) is 0 Å². The van der Waals surface area contributed by atoms with Gasteiger partial charge in [0.1, 0.15) is 0 Å². The van der Waals surface area contributed by atoms with Crippen molar-refractivity contribution in [2.24, 2.45) is 5.92 Å². The minimum absolute atomic E-state index is 0.0227. The highest BCUT2D eigenvalue weighted by atomic mass is 16.1. The summed E-state index contributed by atoms with van der Waals surface area (Å²) in [6, 6.07) is 8.11. The summed E-state index contributed by atoms with van der Waals surface area (Å²) in [4.78, 5) is 21.1. The number of aromatic nitrogens is 2. The summed E-state index contributed by atoms with van der Waals surface area (Å²) in [5.74, 6) is 1.26. The molecule has 1 aliphatic carbocycles. The first kappa shape index (κ1) is 19.3. The predicted molar refractivity (Wildman–Crippen MR) is 110 cm³/mol. The fourth-order valence-corrected chi connectivity index (χ4v) is 3.37. The van der Waals surface area contributed by atoms with Gasteiger partial charge >= 0.3 is 0 Å². The molecule has 0 spiro atoms. The normalized spacial score (nSPS) is 14.9. The molecule has 0 radical (unpaired) electrons. The zero-order valence-electron chi connectivity index (χ0n) is 16.4. The number of amides is 1. The second-order valence-corrected chi connectivity index (χ2v) is 7.79. The second-order valence-electron chi connectivity index (χ2n) is 7.79. The molecule has 1 aromatic heterocycles. The topological polar surface area (TPSA) is 66.9 Å². The highest BCUT2D eigenvalue weighted by molar-refractivity contribution is 5.94. The number of carbonyl (C=O) groups excluding carboxylic acids is 1. The van der Waals surface area contributed by atoms with Crippen molar-refractivity contribution in [1.29, 1.82) is 0 Å². The Balaban J connectivity index is 1.57. The molecule has 0 aliphatic heterocycles. The molecule has 5 heteroatoms. The van der Waals surface area contributed by atoms with Gasteiger partial charge in [-0.2, -0.15) is 0 Å². The molecule has 5 nitrogen and oxygen atoms in total. The molecular weight excluding hydrogens is 336 g/mol. The minimum Gasteiger partial charge on any atom is -0.352 e. The summed E-state index contributed by atoms with van der Waals surface area (Å²) in [5, 5.41) is 6.40. The van der Waals surface area contributed by atoms with Gasteiger partial charge in [0.2, 0.25) is 5.95 Å². The molecule has 2 aromatic rings.